The zero-order chi connectivity index (χ0) is 22.8. The third-order valence-electron chi connectivity index (χ3n) is 4.88. The monoisotopic (exact) mass is 428 g/mol. The van der Waals surface area contributed by atoms with Crippen molar-refractivity contribution in [3.63, 3.8) is 0 Å². The summed E-state index contributed by atoms with van der Waals surface area (Å²) in [5.41, 5.74) is -0.990. The summed E-state index contributed by atoms with van der Waals surface area (Å²) in [6.45, 7) is 0.961. The molecule has 0 bridgehead atoms. The largest absolute Gasteiger partial charge is 0.493 e. The van der Waals surface area contributed by atoms with E-state index in [1.54, 1.807) is 18.2 Å². The molecule has 0 aliphatic carbocycles. The first kappa shape index (κ1) is 21.6. The van der Waals surface area contributed by atoms with Crippen molar-refractivity contribution in [2.45, 2.75) is 12.5 Å². The van der Waals surface area contributed by atoms with Gasteiger partial charge in [-0.3, -0.25) is 24.6 Å². The molecule has 1 fully saturated rings. The maximum absolute atomic E-state index is 13.0. The van der Waals surface area contributed by atoms with E-state index in [-0.39, 0.29) is 11.4 Å². The van der Waals surface area contributed by atoms with Gasteiger partial charge < -0.3 is 20.1 Å². The summed E-state index contributed by atoms with van der Waals surface area (Å²) in [4.78, 5) is 48.9. The molecular weight excluding hydrogens is 408 g/mol. The Balaban J connectivity index is 1.78. The number of benzene rings is 2. The molecular formula is C20H20N4O7. The molecule has 1 aliphatic rings. The zero-order valence-corrected chi connectivity index (χ0v) is 17.0. The Morgan fingerprint density at radius 1 is 1.16 bits per heavy atom. The minimum absolute atomic E-state index is 0.175. The van der Waals surface area contributed by atoms with Crippen molar-refractivity contribution in [3.8, 4) is 11.5 Å². The molecule has 31 heavy (non-hydrogen) atoms. The van der Waals surface area contributed by atoms with Crippen molar-refractivity contribution in [3.05, 3.63) is 58.1 Å². The predicted octanol–water partition coefficient (Wildman–Crippen LogP) is 2.02. The SMILES string of the molecule is COc1ccc(C2(C)NC(=O)N(CC(=O)Nc3cccc([N+](=O)[O-])c3)C2=O)cc1OC. The van der Waals surface area contributed by atoms with Gasteiger partial charge in [0.1, 0.15) is 12.1 Å². The van der Waals surface area contributed by atoms with Gasteiger partial charge in [-0.15, -0.1) is 0 Å². The number of hydrogen-bond acceptors (Lipinski definition) is 7. The molecule has 1 unspecified atom stereocenters. The molecule has 1 aliphatic heterocycles. The number of nitro benzene ring substituents is 1. The molecule has 3 rings (SSSR count). The number of ether oxygens (including phenoxy) is 2. The Hall–Kier alpha value is -4.15. The third-order valence-corrected chi connectivity index (χ3v) is 4.88. The molecule has 0 aromatic heterocycles. The molecule has 0 spiro atoms. The minimum Gasteiger partial charge on any atom is -0.493 e. The van der Waals surface area contributed by atoms with Crippen LogP contribution in [0.15, 0.2) is 42.5 Å². The second-order valence-corrected chi connectivity index (χ2v) is 6.87. The van der Waals surface area contributed by atoms with E-state index < -0.39 is 34.9 Å². The summed E-state index contributed by atoms with van der Waals surface area (Å²) >= 11 is 0. The molecule has 1 saturated heterocycles. The van der Waals surface area contributed by atoms with Gasteiger partial charge in [-0.2, -0.15) is 0 Å². The number of imide groups is 1. The molecule has 0 radical (unpaired) electrons. The number of urea groups is 1. The van der Waals surface area contributed by atoms with E-state index in [0.717, 1.165) is 4.90 Å². The van der Waals surface area contributed by atoms with E-state index in [9.17, 15) is 24.5 Å². The summed E-state index contributed by atoms with van der Waals surface area (Å²) in [5.74, 6) is -0.468. The van der Waals surface area contributed by atoms with E-state index in [1.807, 2.05) is 0 Å². The van der Waals surface area contributed by atoms with Gasteiger partial charge in [-0.05, 0) is 30.7 Å². The van der Waals surface area contributed by atoms with Gasteiger partial charge in [0.2, 0.25) is 5.91 Å². The van der Waals surface area contributed by atoms with Crippen LogP contribution in [0.5, 0.6) is 11.5 Å². The highest BCUT2D eigenvalue weighted by atomic mass is 16.6. The number of nitrogens with zero attached hydrogens (tertiary/aromatic N) is 2. The van der Waals surface area contributed by atoms with E-state index in [0.29, 0.717) is 17.1 Å². The fourth-order valence-corrected chi connectivity index (χ4v) is 3.22. The summed E-state index contributed by atoms with van der Waals surface area (Å²) in [5, 5.41) is 15.9. The average molecular weight is 428 g/mol. The molecule has 11 heteroatoms. The number of carbonyl (C=O) groups is 3. The molecule has 1 heterocycles. The Bertz CT molecular complexity index is 1070. The first-order valence-corrected chi connectivity index (χ1v) is 9.10. The number of carbonyl (C=O) groups excluding carboxylic acids is 3. The van der Waals surface area contributed by atoms with Crippen molar-refractivity contribution in [1.82, 2.24) is 10.2 Å². The van der Waals surface area contributed by atoms with E-state index >= 15 is 0 Å². The normalized spacial score (nSPS) is 17.8. The summed E-state index contributed by atoms with van der Waals surface area (Å²) < 4.78 is 10.4. The highest BCUT2D eigenvalue weighted by Gasteiger charge is 2.49. The number of non-ortho nitro benzene ring substituents is 1. The summed E-state index contributed by atoms with van der Waals surface area (Å²) in [6.07, 6.45) is 0. The number of anilines is 1. The molecule has 4 amide bonds. The van der Waals surface area contributed by atoms with Crippen LogP contribution in [-0.2, 0) is 15.1 Å². The maximum Gasteiger partial charge on any atom is 0.325 e. The van der Waals surface area contributed by atoms with Crippen LogP contribution in [0.1, 0.15) is 12.5 Å². The van der Waals surface area contributed by atoms with Gasteiger partial charge >= 0.3 is 6.03 Å². The zero-order valence-electron chi connectivity index (χ0n) is 17.0. The number of nitrogens with one attached hydrogen (secondary N) is 2. The van der Waals surface area contributed by atoms with Crippen LogP contribution in [0.2, 0.25) is 0 Å². The Labute approximate surface area is 177 Å². The van der Waals surface area contributed by atoms with Crippen LogP contribution in [0, 0.1) is 10.1 Å². The number of methoxy groups -OCH3 is 2. The fraction of sp³-hybridized carbons (Fsp3) is 0.250. The summed E-state index contributed by atoms with van der Waals surface area (Å²) in [6, 6.07) is 9.39. The van der Waals surface area contributed by atoms with Crippen molar-refractivity contribution >= 4 is 29.2 Å². The van der Waals surface area contributed by atoms with E-state index in [4.69, 9.17) is 9.47 Å². The maximum atomic E-state index is 13.0. The van der Waals surface area contributed by atoms with Crippen molar-refractivity contribution in [1.29, 1.82) is 0 Å². The number of hydrogen-bond donors (Lipinski definition) is 2. The molecule has 2 aromatic carbocycles. The Morgan fingerprint density at radius 3 is 2.52 bits per heavy atom. The molecule has 2 aromatic rings. The van der Waals surface area contributed by atoms with Crippen molar-refractivity contribution in [2.24, 2.45) is 0 Å². The number of amides is 4. The van der Waals surface area contributed by atoms with E-state index in [2.05, 4.69) is 10.6 Å². The molecule has 11 nitrogen and oxygen atoms in total. The van der Waals surface area contributed by atoms with Gasteiger partial charge in [0.05, 0.1) is 19.1 Å². The highest BCUT2D eigenvalue weighted by Crippen LogP contribution is 2.35. The number of rotatable bonds is 7. The lowest BCUT2D eigenvalue weighted by atomic mass is 9.91. The Kier molecular flexibility index (Phi) is 5.77. The van der Waals surface area contributed by atoms with Crippen molar-refractivity contribution in [2.75, 3.05) is 26.1 Å². The average Bonchev–Trinajstić information content (AvgIpc) is 2.97. The molecule has 0 saturated carbocycles. The van der Waals surface area contributed by atoms with E-state index in [1.165, 1.54) is 45.4 Å². The second kappa shape index (κ2) is 8.30. The topological polar surface area (TPSA) is 140 Å². The van der Waals surface area contributed by atoms with Gasteiger partial charge in [0, 0.05) is 17.8 Å². The van der Waals surface area contributed by atoms with Gasteiger partial charge in [-0.25, -0.2) is 4.79 Å². The first-order chi connectivity index (χ1) is 14.7. The van der Waals surface area contributed by atoms with Crippen molar-refractivity contribution < 1.29 is 28.8 Å². The molecule has 2 N–H and O–H groups in total. The van der Waals surface area contributed by atoms with Crippen LogP contribution in [-0.4, -0.2) is 48.4 Å². The van der Waals surface area contributed by atoms with Gasteiger partial charge in [-0.1, -0.05) is 12.1 Å². The third kappa shape index (κ3) is 4.10. The second-order valence-electron chi connectivity index (χ2n) is 6.87. The smallest absolute Gasteiger partial charge is 0.325 e. The highest BCUT2D eigenvalue weighted by molar-refractivity contribution is 6.10. The lowest BCUT2D eigenvalue weighted by Gasteiger charge is -2.23. The quantitative estimate of drug-likeness (QED) is 0.390. The molecule has 1 atom stereocenters. The standard InChI is InChI=1S/C20H20N4O7/c1-20(12-7-8-15(30-2)16(9-12)31-3)18(26)23(19(27)22-20)11-17(25)21-13-5-4-6-14(10-13)24(28)29/h4-10H,11H2,1-3H3,(H,21,25)(H,22,27). The molecule has 162 valence electrons. The lowest BCUT2D eigenvalue weighted by Crippen LogP contribution is -2.42. The van der Waals surface area contributed by atoms with Crippen LogP contribution in [0.25, 0.3) is 0 Å². The van der Waals surface area contributed by atoms with Crippen LogP contribution < -0.4 is 20.1 Å². The van der Waals surface area contributed by atoms with Gasteiger partial charge in [0.15, 0.2) is 11.5 Å². The Morgan fingerprint density at radius 2 is 1.87 bits per heavy atom. The first-order valence-electron chi connectivity index (χ1n) is 9.10. The lowest BCUT2D eigenvalue weighted by molar-refractivity contribution is -0.384. The van der Waals surface area contributed by atoms with Crippen LogP contribution in [0.3, 0.4) is 0 Å². The minimum atomic E-state index is -1.41. The predicted molar refractivity (Wildman–Crippen MR) is 109 cm³/mol. The van der Waals surface area contributed by atoms with Gasteiger partial charge in [0.25, 0.3) is 11.6 Å². The summed E-state index contributed by atoms with van der Waals surface area (Å²) in [7, 11) is 2.92. The van der Waals surface area contributed by atoms with Crippen LogP contribution >= 0.6 is 0 Å². The number of nitro groups is 1. The van der Waals surface area contributed by atoms with Crippen LogP contribution in [0.4, 0.5) is 16.2 Å². The fourth-order valence-electron chi connectivity index (χ4n) is 3.22.